The van der Waals surface area contributed by atoms with Gasteiger partial charge in [0.2, 0.25) is 5.95 Å². The SMILES string of the molecule is C[C@H](O)[C@@H](O)[C@@H](O)[C@H](O)C=O.Nc1nc2c(ncn2[C@@H]2O[C@H](CO)[C@@H](O)[C@H]2O)c(=O)[nH]1.O=P(O)(O)O.O=P(O)(O)O. The summed E-state index contributed by atoms with van der Waals surface area (Å²) in [6.45, 7) is 0.795. The fourth-order valence-electron chi connectivity index (χ4n) is 2.81. The van der Waals surface area contributed by atoms with Crippen molar-refractivity contribution in [2.45, 2.75) is 55.9 Å². The number of aliphatic hydroxyl groups is 7. The number of aldehydes is 1. The number of rotatable bonds is 6. The molecule has 1 aliphatic heterocycles. The van der Waals surface area contributed by atoms with Crippen molar-refractivity contribution in [1.29, 1.82) is 0 Å². The van der Waals surface area contributed by atoms with E-state index < -0.39 is 76.8 Å². The van der Waals surface area contributed by atoms with E-state index in [9.17, 15) is 19.8 Å². The number of aromatic nitrogens is 4. The molecule has 2 aromatic heterocycles. The second-order valence-corrected chi connectivity index (χ2v) is 9.93. The molecular weight excluding hydrogens is 612 g/mol. The fraction of sp³-hybridized carbons (Fsp3) is 0.625. The van der Waals surface area contributed by atoms with Gasteiger partial charge < -0.3 is 80.4 Å². The number of phosphoric acid groups is 2. The lowest BCUT2D eigenvalue weighted by molar-refractivity contribution is -0.132. The molecule has 0 saturated carbocycles. The van der Waals surface area contributed by atoms with E-state index in [1.165, 1.54) is 17.8 Å². The van der Waals surface area contributed by atoms with Crippen LogP contribution < -0.4 is 11.3 Å². The van der Waals surface area contributed by atoms with E-state index in [2.05, 4.69) is 15.0 Å². The molecule has 0 bridgehead atoms. The molecule has 0 spiro atoms. The van der Waals surface area contributed by atoms with Crippen LogP contribution >= 0.6 is 15.6 Å². The zero-order valence-corrected chi connectivity index (χ0v) is 22.4. The van der Waals surface area contributed by atoms with E-state index in [0.717, 1.165) is 0 Å². The Kier molecular flexibility index (Phi) is 15.5. The molecule has 0 amide bonds. The maximum Gasteiger partial charge on any atom is 0.466 e. The van der Waals surface area contributed by atoms with Gasteiger partial charge in [-0.05, 0) is 6.92 Å². The van der Waals surface area contributed by atoms with Crippen molar-refractivity contribution >= 4 is 39.0 Å². The van der Waals surface area contributed by atoms with Crippen LogP contribution in [0.25, 0.3) is 11.2 Å². The summed E-state index contributed by atoms with van der Waals surface area (Å²) >= 11 is 0. The zero-order chi connectivity index (χ0) is 32.5. The largest absolute Gasteiger partial charge is 0.466 e. The van der Waals surface area contributed by atoms with Crippen LogP contribution in [0, 0.1) is 0 Å². The molecule has 8 atom stereocenters. The maximum atomic E-state index is 11.7. The lowest BCUT2D eigenvalue weighted by Gasteiger charge is -2.21. The van der Waals surface area contributed by atoms with Crippen LogP contribution in [0.1, 0.15) is 13.2 Å². The lowest BCUT2D eigenvalue weighted by atomic mass is 10.1. The van der Waals surface area contributed by atoms with E-state index in [0.29, 0.717) is 0 Å². The number of aliphatic hydroxyl groups excluding tert-OH is 7. The highest BCUT2D eigenvalue weighted by atomic mass is 31.2. The molecule has 16 N–H and O–H groups in total. The first-order chi connectivity index (χ1) is 18.5. The molecule has 1 aliphatic rings. The first-order valence-corrected chi connectivity index (χ1v) is 13.7. The molecule has 3 heterocycles. The Morgan fingerprint density at radius 1 is 1.05 bits per heavy atom. The number of H-pyrrole nitrogens is 1. The van der Waals surface area contributed by atoms with Gasteiger partial charge in [-0.1, -0.05) is 0 Å². The van der Waals surface area contributed by atoms with Gasteiger partial charge in [0.25, 0.3) is 5.56 Å². The van der Waals surface area contributed by atoms with E-state index in [1.807, 2.05) is 0 Å². The first kappa shape index (κ1) is 38.7. The zero-order valence-electron chi connectivity index (χ0n) is 20.6. The topological polar surface area (TPSA) is 413 Å². The van der Waals surface area contributed by atoms with Gasteiger partial charge in [-0.3, -0.25) is 14.3 Å². The molecule has 238 valence electrons. The Bertz CT molecular complexity index is 1210. The Hall–Kier alpha value is -2.28. The number of nitrogen functional groups attached to an aromatic ring is 1. The van der Waals surface area contributed by atoms with Crippen molar-refractivity contribution in [2.24, 2.45) is 0 Å². The number of nitrogens with two attached hydrogens (primary N) is 1. The highest BCUT2D eigenvalue weighted by Gasteiger charge is 2.44. The Morgan fingerprint density at radius 3 is 1.93 bits per heavy atom. The third kappa shape index (κ3) is 14.0. The summed E-state index contributed by atoms with van der Waals surface area (Å²) in [5.74, 6) is -0.101. The van der Waals surface area contributed by atoms with E-state index in [4.69, 9.17) is 74.5 Å². The van der Waals surface area contributed by atoms with Crippen LogP contribution in [0.2, 0.25) is 0 Å². The van der Waals surface area contributed by atoms with Gasteiger partial charge in [0, 0.05) is 0 Å². The number of aromatic amines is 1. The van der Waals surface area contributed by atoms with Crippen LogP contribution in [0.5, 0.6) is 0 Å². The number of carbonyl (C=O) groups is 1. The van der Waals surface area contributed by atoms with Crippen molar-refractivity contribution in [3.8, 4) is 0 Å². The summed E-state index contributed by atoms with van der Waals surface area (Å²) < 4.78 is 24.4. The van der Waals surface area contributed by atoms with Gasteiger partial charge in [-0.15, -0.1) is 0 Å². The summed E-state index contributed by atoms with van der Waals surface area (Å²) in [5, 5.41) is 63.8. The summed E-state index contributed by atoms with van der Waals surface area (Å²) in [6, 6.07) is 0. The summed E-state index contributed by atoms with van der Waals surface area (Å²) in [6.07, 6.45) is -9.09. The minimum absolute atomic E-state index is 0.0388. The van der Waals surface area contributed by atoms with Crippen molar-refractivity contribution in [3.63, 3.8) is 0 Å². The quantitative estimate of drug-likeness (QED) is 0.103. The van der Waals surface area contributed by atoms with Crippen molar-refractivity contribution in [3.05, 3.63) is 16.7 Å². The van der Waals surface area contributed by atoms with Crippen LogP contribution in [0.4, 0.5) is 5.95 Å². The number of fused-ring (bicyclic) bond motifs is 1. The van der Waals surface area contributed by atoms with Gasteiger partial charge >= 0.3 is 15.6 Å². The number of hydrogen-bond acceptors (Lipinski definition) is 15. The summed E-state index contributed by atoms with van der Waals surface area (Å²) in [4.78, 5) is 74.8. The average molecular weight is 643 g/mol. The van der Waals surface area contributed by atoms with Crippen LogP contribution in [0.3, 0.4) is 0 Å². The second-order valence-electron chi connectivity index (χ2n) is 7.88. The molecule has 1 fully saturated rings. The van der Waals surface area contributed by atoms with Crippen LogP contribution in [-0.2, 0) is 18.7 Å². The number of nitrogens with one attached hydrogen (secondary N) is 1. The molecule has 0 aliphatic carbocycles. The molecule has 41 heavy (non-hydrogen) atoms. The first-order valence-electron chi connectivity index (χ1n) is 10.6. The monoisotopic (exact) mass is 643 g/mol. The Morgan fingerprint density at radius 2 is 1.54 bits per heavy atom. The number of carbonyl (C=O) groups excluding carboxylic acids is 1. The fourth-order valence-corrected chi connectivity index (χ4v) is 2.81. The number of imidazole rings is 1. The predicted molar refractivity (Wildman–Crippen MR) is 130 cm³/mol. The summed E-state index contributed by atoms with van der Waals surface area (Å²) in [7, 11) is -9.28. The highest BCUT2D eigenvalue weighted by molar-refractivity contribution is 7.45. The van der Waals surface area contributed by atoms with Gasteiger partial charge in [0.15, 0.2) is 23.7 Å². The average Bonchev–Trinajstić information content (AvgIpc) is 3.36. The second kappa shape index (κ2) is 16.4. The van der Waals surface area contributed by atoms with E-state index in [1.54, 1.807) is 0 Å². The normalized spacial score (nSPS) is 23.5. The number of hydrogen-bond donors (Lipinski definition) is 15. The van der Waals surface area contributed by atoms with E-state index in [-0.39, 0.29) is 23.4 Å². The van der Waals surface area contributed by atoms with Gasteiger partial charge in [-0.25, -0.2) is 14.1 Å². The van der Waals surface area contributed by atoms with E-state index >= 15 is 0 Å². The van der Waals surface area contributed by atoms with Crippen molar-refractivity contribution < 1.29 is 83.8 Å². The molecule has 2 aromatic rings. The van der Waals surface area contributed by atoms with Crippen LogP contribution in [-0.4, -0.2) is 140 Å². The van der Waals surface area contributed by atoms with Gasteiger partial charge in [0.05, 0.1) is 19.0 Å². The van der Waals surface area contributed by atoms with Gasteiger partial charge in [-0.2, -0.15) is 4.98 Å². The highest BCUT2D eigenvalue weighted by Crippen LogP contribution is 2.30. The standard InChI is InChI=1S/C10H13N5O5.C6H12O5.2H3O4P/c11-10-13-7-4(8(19)14-10)12-2-15(7)9-6(18)5(17)3(1-16)20-9;1-3(8)5(10)6(11)4(9)2-7;2*1-5(2,3)4/h2-3,5-6,9,16-18H,1H2,(H3,11,13,14,19);2-6,8-11H,1H3;2*(H3,1,2,3,4)/t3-,5-,6-,9-;3-,4+,5+,6-;;/m10../s1. The molecule has 25 heteroatoms. The van der Waals surface area contributed by atoms with Crippen molar-refractivity contribution in [2.75, 3.05) is 12.3 Å². The minimum atomic E-state index is -4.64. The molecule has 0 aromatic carbocycles. The lowest BCUT2D eigenvalue weighted by Crippen LogP contribution is -2.43. The maximum absolute atomic E-state index is 11.7. The third-order valence-electron chi connectivity index (χ3n) is 4.58. The third-order valence-corrected chi connectivity index (χ3v) is 4.58. The predicted octanol–water partition coefficient (Wildman–Crippen LogP) is -6.90. The van der Waals surface area contributed by atoms with Crippen molar-refractivity contribution in [1.82, 2.24) is 19.5 Å². The van der Waals surface area contributed by atoms with Crippen LogP contribution in [0.15, 0.2) is 11.1 Å². The Balaban J connectivity index is 0.000000641. The molecule has 0 unspecified atom stereocenters. The molecule has 23 nitrogen and oxygen atoms in total. The number of nitrogens with zero attached hydrogens (tertiary/aromatic N) is 3. The number of anilines is 1. The molecule has 1 saturated heterocycles. The van der Waals surface area contributed by atoms with Gasteiger partial charge in [0.1, 0.15) is 36.6 Å². The number of ether oxygens (including phenoxy) is 1. The molecular formula is C16H31N5O18P2. The molecule has 3 rings (SSSR count). The minimum Gasteiger partial charge on any atom is -0.394 e. The summed E-state index contributed by atoms with van der Waals surface area (Å²) in [5.41, 5.74) is 5.12. The smallest absolute Gasteiger partial charge is 0.394 e. The molecule has 0 radical (unpaired) electrons. The Labute approximate surface area is 227 Å².